The van der Waals surface area contributed by atoms with Crippen LogP contribution in [0.4, 0.5) is 0 Å². The molecule has 1 aromatic carbocycles. The summed E-state index contributed by atoms with van der Waals surface area (Å²) >= 11 is 0. The maximum absolute atomic E-state index is 12.3. The highest BCUT2D eigenvalue weighted by molar-refractivity contribution is 5.92. The van der Waals surface area contributed by atoms with Gasteiger partial charge in [-0.1, -0.05) is 12.1 Å². The van der Waals surface area contributed by atoms with Gasteiger partial charge in [-0.15, -0.1) is 0 Å². The van der Waals surface area contributed by atoms with Crippen LogP contribution in [0.1, 0.15) is 36.8 Å². The highest BCUT2D eigenvalue weighted by atomic mass is 16.5. The van der Waals surface area contributed by atoms with E-state index in [1.165, 1.54) is 30.5 Å². The Bertz CT molecular complexity index is 721. The van der Waals surface area contributed by atoms with Crippen LogP contribution in [-0.4, -0.2) is 36.9 Å². The van der Waals surface area contributed by atoms with E-state index in [2.05, 4.69) is 29.2 Å². The Hall–Kier alpha value is -1.61. The van der Waals surface area contributed by atoms with E-state index in [-0.39, 0.29) is 11.2 Å². The fraction of sp³-hybridized carbons (Fsp3) is 0.571. The Morgan fingerprint density at radius 1 is 1.33 bits per heavy atom. The number of nitrogens with zero attached hydrogens (tertiary/aromatic N) is 1. The van der Waals surface area contributed by atoms with Crippen molar-refractivity contribution in [1.82, 2.24) is 4.90 Å². The Balaban J connectivity index is 1.62. The number of methoxy groups -OCH3 is 1. The highest BCUT2D eigenvalue weighted by Gasteiger charge is 2.54. The van der Waals surface area contributed by atoms with E-state index in [4.69, 9.17) is 4.74 Å². The zero-order valence-corrected chi connectivity index (χ0v) is 14.3. The van der Waals surface area contributed by atoms with Crippen LogP contribution in [0.15, 0.2) is 30.4 Å². The van der Waals surface area contributed by atoms with Crippen LogP contribution in [0.3, 0.4) is 0 Å². The molecule has 1 aliphatic heterocycles. The van der Waals surface area contributed by atoms with Crippen LogP contribution in [-0.2, 0) is 16.6 Å². The molecule has 126 valence electrons. The lowest BCUT2D eigenvalue weighted by Crippen LogP contribution is -2.61. The smallest absolute Gasteiger partial charge is 0.156 e. The van der Waals surface area contributed by atoms with Gasteiger partial charge < -0.3 is 4.74 Å². The minimum absolute atomic E-state index is 0.00132. The number of benzene rings is 1. The van der Waals surface area contributed by atoms with E-state index >= 15 is 0 Å². The average Bonchev–Trinajstić information content (AvgIpc) is 3.41. The number of rotatable bonds is 3. The third-order valence-electron chi connectivity index (χ3n) is 6.82. The van der Waals surface area contributed by atoms with Crippen molar-refractivity contribution in [2.24, 2.45) is 11.8 Å². The second-order valence-electron chi connectivity index (χ2n) is 8.17. The summed E-state index contributed by atoms with van der Waals surface area (Å²) in [6.45, 7) is 2.39. The Morgan fingerprint density at radius 2 is 2.21 bits per heavy atom. The number of piperidine rings is 1. The Kier molecular flexibility index (Phi) is 3.18. The van der Waals surface area contributed by atoms with Gasteiger partial charge in [-0.05, 0) is 67.5 Å². The normalized spacial score (nSPS) is 34.6. The van der Waals surface area contributed by atoms with Crippen molar-refractivity contribution in [3.05, 3.63) is 41.5 Å². The number of carbonyl (C=O) groups excluding carboxylic acids is 1. The molecule has 3 aliphatic carbocycles. The fourth-order valence-electron chi connectivity index (χ4n) is 5.44. The lowest BCUT2D eigenvalue weighted by molar-refractivity contribution is -0.118. The number of hydrogen-bond donors (Lipinski definition) is 0. The molecular weight excluding hydrogens is 298 g/mol. The maximum atomic E-state index is 12.3. The van der Waals surface area contributed by atoms with Crippen LogP contribution in [0.2, 0.25) is 0 Å². The van der Waals surface area contributed by atoms with Gasteiger partial charge in [0.15, 0.2) is 5.78 Å². The molecule has 1 aromatic rings. The number of carbonyl (C=O) groups is 1. The molecular formula is C21H25NO2. The summed E-state index contributed by atoms with van der Waals surface area (Å²) in [5.74, 6) is 2.60. The first-order chi connectivity index (χ1) is 11.7. The number of allylic oxidation sites excluding steroid dienone is 1. The molecule has 5 rings (SSSR count). The summed E-state index contributed by atoms with van der Waals surface area (Å²) in [5.41, 5.74) is 2.81. The van der Waals surface area contributed by atoms with Crippen LogP contribution in [0, 0.1) is 11.8 Å². The monoisotopic (exact) mass is 323 g/mol. The van der Waals surface area contributed by atoms with Gasteiger partial charge in [0.05, 0.1) is 7.11 Å². The average molecular weight is 323 g/mol. The molecule has 1 heterocycles. The van der Waals surface area contributed by atoms with Crippen molar-refractivity contribution in [2.75, 3.05) is 20.2 Å². The highest BCUT2D eigenvalue weighted by Crippen LogP contribution is 2.54. The van der Waals surface area contributed by atoms with Gasteiger partial charge >= 0.3 is 0 Å². The van der Waals surface area contributed by atoms with Gasteiger partial charge in [0, 0.05) is 30.3 Å². The number of ether oxygens (including phenoxy) is 1. The van der Waals surface area contributed by atoms with E-state index in [0.29, 0.717) is 18.4 Å². The topological polar surface area (TPSA) is 29.5 Å². The van der Waals surface area contributed by atoms with Gasteiger partial charge in [0.25, 0.3) is 0 Å². The maximum Gasteiger partial charge on any atom is 0.156 e. The molecule has 3 atom stereocenters. The van der Waals surface area contributed by atoms with Crippen LogP contribution >= 0.6 is 0 Å². The standard InChI is InChI=1S/C21H25NO2/c1-24-17-6-4-15-10-20-18-7-5-16(23)12-21(18,19(15)11-17)8-9-22(20)13-14-2-3-14/h4-7,11,14,18,20H,2-3,8-10,12-13H2,1H3/t18-,20?,21+/m0/s1. The first-order valence-corrected chi connectivity index (χ1v) is 9.32. The van der Waals surface area contributed by atoms with Crippen LogP contribution < -0.4 is 4.74 Å². The van der Waals surface area contributed by atoms with Crippen molar-refractivity contribution < 1.29 is 9.53 Å². The number of likely N-dealkylation sites (tertiary alicyclic amines) is 1. The summed E-state index contributed by atoms with van der Waals surface area (Å²) in [4.78, 5) is 15.0. The Morgan fingerprint density at radius 3 is 3.00 bits per heavy atom. The van der Waals surface area contributed by atoms with Gasteiger partial charge in [0.2, 0.25) is 0 Å². The van der Waals surface area contributed by atoms with E-state index in [9.17, 15) is 4.79 Å². The largest absolute Gasteiger partial charge is 0.497 e. The number of hydrogen-bond acceptors (Lipinski definition) is 3. The summed E-state index contributed by atoms with van der Waals surface area (Å²) in [7, 11) is 1.73. The SMILES string of the molecule is COc1ccc2c(c1)[C@@]13CCN(CC4CC4)C(C2)[C@@H]1C=CC(=O)C3. The zero-order valence-electron chi connectivity index (χ0n) is 14.3. The van der Waals surface area contributed by atoms with Crippen LogP contribution in [0.25, 0.3) is 0 Å². The molecule has 0 amide bonds. The van der Waals surface area contributed by atoms with Gasteiger partial charge in [-0.3, -0.25) is 9.69 Å². The molecule has 0 radical (unpaired) electrons. The zero-order chi connectivity index (χ0) is 16.3. The predicted octanol–water partition coefficient (Wildman–Crippen LogP) is 3.12. The summed E-state index contributed by atoms with van der Waals surface area (Å²) in [6.07, 6.45) is 9.76. The van der Waals surface area contributed by atoms with E-state index in [1.807, 2.05) is 6.08 Å². The molecule has 0 N–H and O–H groups in total. The summed E-state index contributed by atoms with van der Waals surface area (Å²) in [6, 6.07) is 7.09. The van der Waals surface area contributed by atoms with Gasteiger partial charge in [-0.25, -0.2) is 0 Å². The fourth-order valence-corrected chi connectivity index (χ4v) is 5.44. The second-order valence-corrected chi connectivity index (χ2v) is 8.17. The van der Waals surface area contributed by atoms with Crippen molar-refractivity contribution in [3.63, 3.8) is 0 Å². The van der Waals surface area contributed by atoms with Crippen molar-refractivity contribution in [2.45, 2.75) is 43.6 Å². The van der Waals surface area contributed by atoms with E-state index in [1.54, 1.807) is 7.11 Å². The molecule has 2 fully saturated rings. The molecule has 3 heteroatoms. The molecule has 2 bridgehead atoms. The summed E-state index contributed by atoms with van der Waals surface area (Å²) < 4.78 is 5.49. The first kappa shape index (κ1) is 14.7. The predicted molar refractivity (Wildman–Crippen MR) is 93.3 cm³/mol. The van der Waals surface area contributed by atoms with Crippen molar-refractivity contribution in [3.8, 4) is 5.75 Å². The third-order valence-corrected chi connectivity index (χ3v) is 6.82. The van der Waals surface area contributed by atoms with Gasteiger partial charge in [0.1, 0.15) is 5.75 Å². The van der Waals surface area contributed by atoms with Crippen LogP contribution in [0.5, 0.6) is 5.75 Å². The molecule has 1 saturated carbocycles. The molecule has 4 aliphatic rings. The lowest BCUT2D eigenvalue weighted by atomic mass is 9.54. The summed E-state index contributed by atoms with van der Waals surface area (Å²) in [5, 5.41) is 0. The van der Waals surface area contributed by atoms with E-state index in [0.717, 1.165) is 31.1 Å². The molecule has 24 heavy (non-hydrogen) atoms. The van der Waals surface area contributed by atoms with Crippen molar-refractivity contribution >= 4 is 5.78 Å². The van der Waals surface area contributed by atoms with E-state index < -0.39 is 0 Å². The van der Waals surface area contributed by atoms with Gasteiger partial charge in [-0.2, -0.15) is 0 Å². The third kappa shape index (κ3) is 2.10. The lowest BCUT2D eigenvalue weighted by Gasteiger charge is -2.57. The molecule has 3 nitrogen and oxygen atoms in total. The molecule has 1 saturated heterocycles. The Labute approximate surface area is 143 Å². The minimum Gasteiger partial charge on any atom is -0.497 e. The van der Waals surface area contributed by atoms with Crippen molar-refractivity contribution in [1.29, 1.82) is 0 Å². The molecule has 1 unspecified atom stereocenters. The second kappa shape index (κ2) is 5.19. The minimum atomic E-state index is -0.00132. The number of fused-ring (bicyclic) bond motifs is 1. The number of ketones is 1. The molecule has 0 aromatic heterocycles. The first-order valence-electron chi connectivity index (χ1n) is 9.32. The quantitative estimate of drug-likeness (QED) is 0.856. The molecule has 0 spiro atoms.